The van der Waals surface area contributed by atoms with E-state index in [1.165, 1.54) is 12.1 Å². The summed E-state index contributed by atoms with van der Waals surface area (Å²) in [6, 6.07) is 15.1. The minimum absolute atomic E-state index is 0.147. The summed E-state index contributed by atoms with van der Waals surface area (Å²) in [4.78, 5) is 12.1. The van der Waals surface area contributed by atoms with Crippen molar-refractivity contribution in [2.75, 3.05) is 12.9 Å². The van der Waals surface area contributed by atoms with Gasteiger partial charge in [0.05, 0.1) is 17.5 Å². The fraction of sp³-hybridized carbons (Fsp3) is 0.278. The third-order valence-corrected chi connectivity index (χ3v) is 4.72. The highest BCUT2D eigenvalue weighted by Gasteiger charge is 2.14. The number of ether oxygens (including phenoxy) is 1. The standard InChI is InChI=1S/C18H21NO5S/c1-25(22,23)17-9-7-14(8-10-17)11-16(12-20)19-18(21)24-13-15-5-3-2-4-6-15/h2-10,16,20H,11-13H2,1H3,(H,19,21)/t16-/m0/s1. The molecule has 2 N–H and O–H groups in total. The Morgan fingerprint density at radius 2 is 1.72 bits per heavy atom. The van der Waals surface area contributed by atoms with E-state index in [1.807, 2.05) is 30.3 Å². The van der Waals surface area contributed by atoms with Gasteiger partial charge in [0, 0.05) is 6.26 Å². The average Bonchev–Trinajstić information content (AvgIpc) is 2.60. The molecule has 134 valence electrons. The minimum atomic E-state index is -3.25. The Kier molecular flexibility index (Phi) is 6.55. The molecule has 2 rings (SSSR count). The lowest BCUT2D eigenvalue weighted by Gasteiger charge is -2.16. The summed E-state index contributed by atoms with van der Waals surface area (Å²) < 4.78 is 28.0. The third kappa shape index (κ3) is 6.21. The normalized spacial score (nSPS) is 12.4. The van der Waals surface area contributed by atoms with Crippen LogP contribution >= 0.6 is 0 Å². The number of sulfone groups is 1. The first-order valence-corrected chi connectivity index (χ1v) is 9.64. The predicted octanol–water partition coefficient (Wildman–Crippen LogP) is 1.92. The summed E-state index contributed by atoms with van der Waals surface area (Å²) in [7, 11) is -3.25. The van der Waals surface area contributed by atoms with E-state index in [1.54, 1.807) is 12.1 Å². The van der Waals surface area contributed by atoms with Crippen molar-refractivity contribution in [3.63, 3.8) is 0 Å². The summed E-state index contributed by atoms with van der Waals surface area (Å²) in [5, 5.41) is 12.0. The van der Waals surface area contributed by atoms with Crippen LogP contribution in [0, 0.1) is 0 Å². The van der Waals surface area contributed by atoms with Gasteiger partial charge in [-0.25, -0.2) is 13.2 Å². The smallest absolute Gasteiger partial charge is 0.407 e. The van der Waals surface area contributed by atoms with Crippen LogP contribution in [-0.4, -0.2) is 38.5 Å². The molecule has 0 saturated heterocycles. The van der Waals surface area contributed by atoms with E-state index < -0.39 is 22.0 Å². The van der Waals surface area contributed by atoms with Gasteiger partial charge in [0.2, 0.25) is 0 Å². The van der Waals surface area contributed by atoms with Crippen LogP contribution in [0.5, 0.6) is 0 Å². The topological polar surface area (TPSA) is 92.7 Å². The predicted molar refractivity (Wildman–Crippen MR) is 93.9 cm³/mol. The first-order chi connectivity index (χ1) is 11.9. The van der Waals surface area contributed by atoms with Crippen molar-refractivity contribution in [1.29, 1.82) is 0 Å². The molecule has 0 aliphatic heterocycles. The number of hydrogen-bond acceptors (Lipinski definition) is 5. The Hall–Kier alpha value is -2.38. The fourth-order valence-corrected chi connectivity index (χ4v) is 2.88. The van der Waals surface area contributed by atoms with Gasteiger partial charge in [-0.05, 0) is 29.7 Å². The van der Waals surface area contributed by atoms with E-state index in [4.69, 9.17) is 4.74 Å². The molecule has 2 aromatic carbocycles. The second-order valence-corrected chi connectivity index (χ2v) is 7.72. The van der Waals surface area contributed by atoms with Crippen LogP contribution in [0.25, 0.3) is 0 Å². The number of carbonyl (C=O) groups excluding carboxylic acids is 1. The highest BCUT2D eigenvalue weighted by atomic mass is 32.2. The lowest BCUT2D eigenvalue weighted by atomic mass is 10.1. The molecule has 25 heavy (non-hydrogen) atoms. The lowest BCUT2D eigenvalue weighted by molar-refractivity contribution is 0.129. The fourth-order valence-electron chi connectivity index (χ4n) is 2.25. The highest BCUT2D eigenvalue weighted by molar-refractivity contribution is 7.90. The van der Waals surface area contributed by atoms with E-state index in [2.05, 4.69) is 5.32 Å². The molecule has 0 aliphatic rings. The van der Waals surface area contributed by atoms with Crippen LogP contribution in [0.15, 0.2) is 59.5 Å². The van der Waals surface area contributed by atoms with Gasteiger partial charge < -0.3 is 15.2 Å². The van der Waals surface area contributed by atoms with Crippen molar-refractivity contribution in [2.24, 2.45) is 0 Å². The number of benzene rings is 2. The van der Waals surface area contributed by atoms with Gasteiger partial charge in [0.25, 0.3) is 0 Å². The van der Waals surface area contributed by atoms with E-state index in [-0.39, 0.29) is 18.1 Å². The van der Waals surface area contributed by atoms with Gasteiger partial charge >= 0.3 is 6.09 Å². The molecule has 1 atom stereocenters. The van der Waals surface area contributed by atoms with E-state index >= 15 is 0 Å². The molecule has 0 spiro atoms. The maximum atomic E-state index is 11.8. The molecule has 0 fully saturated rings. The van der Waals surface area contributed by atoms with Gasteiger partial charge in [0.1, 0.15) is 6.61 Å². The molecule has 0 saturated carbocycles. The molecule has 0 aromatic heterocycles. The number of aliphatic hydroxyl groups is 1. The Morgan fingerprint density at radius 3 is 2.28 bits per heavy atom. The SMILES string of the molecule is CS(=O)(=O)c1ccc(C[C@@H](CO)NC(=O)OCc2ccccc2)cc1. The van der Waals surface area contributed by atoms with Crippen LogP contribution in [-0.2, 0) is 27.6 Å². The van der Waals surface area contributed by atoms with Crippen molar-refractivity contribution < 1.29 is 23.1 Å². The Labute approximate surface area is 147 Å². The van der Waals surface area contributed by atoms with Crippen LogP contribution in [0.1, 0.15) is 11.1 Å². The van der Waals surface area contributed by atoms with Gasteiger partial charge in [-0.15, -0.1) is 0 Å². The van der Waals surface area contributed by atoms with Gasteiger partial charge in [-0.2, -0.15) is 0 Å². The number of amides is 1. The zero-order valence-corrected chi connectivity index (χ0v) is 14.7. The van der Waals surface area contributed by atoms with Crippen molar-refractivity contribution >= 4 is 15.9 Å². The lowest BCUT2D eigenvalue weighted by Crippen LogP contribution is -2.39. The molecule has 0 bridgehead atoms. The molecule has 0 aliphatic carbocycles. The van der Waals surface area contributed by atoms with Crippen LogP contribution in [0.2, 0.25) is 0 Å². The van der Waals surface area contributed by atoms with Crippen LogP contribution < -0.4 is 5.32 Å². The number of hydrogen-bond donors (Lipinski definition) is 2. The first kappa shape index (κ1) is 19.0. The Bertz CT molecular complexity index is 788. The summed E-state index contributed by atoms with van der Waals surface area (Å²) >= 11 is 0. The zero-order valence-electron chi connectivity index (χ0n) is 13.9. The quantitative estimate of drug-likeness (QED) is 0.784. The van der Waals surface area contributed by atoms with Crippen molar-refractivity contribution in [2.45, 2.75) is 24.0 Å². The maximum Gasteiger partial charge on any atom is 0.407 e. The monoisotopic (exact) mass is 363 g/mol. The number of carbonyl (C=O) groups is 1. The van der Waals surface area contributed by atoms with Gasteiger partial charge in [-0.1, -0.05) is 42.5 Å². The number of alkyl carbamates (subject to hydrolysis) is 1. The van der Waals surface area contributed by atoms with Crippen molar-refractivity contribution in [1.82, 2.24) is 5.32 Å². The molecule has 7 heteroatoms. The summed E-state index contributed by atoms with van der Waals surface area (Å²) in [6.07, 6.45) is 0.889. The van der Waals surface area contributed by atoms with E-state index in [0.29, 0.717) is 6.42 Å². The zero-order chi connectivity index (χ0) is 18.3. The molecule has 2 aromatic rings. The number of nitrogens with one attached hydrogen (secondary N) is 1. The molecular formula is C18H21NO5S. The molecular weight excluding hydrogens is 342 g/mol. The van der Waals surface area contributed by atoms with Gasteiger partial charge in [-0.3, -0.25) is 0 Å². The average molecular weight is 363 g/mol. The summed E-state index contributed by atoms with van der Waals surface area (Å²) in [5.41, 5.74) is 1.67. The molecule has 0 unspecified atom stereocenters. The van der Waals surface area contributed by atoms with Gasteiger partial charge in [0.15, 0.2) is 9.84 Å². The second-order valence-electron chi connectivity index (χ2n) is 5.71. The number of aliphatic hydroxyl groups excluding tert-OH is 1. The molecule has 0 heterocycles. The largest absolute Gasteiger partial charge is 0.445 e. The summed E-state index contributed by atoms with van der Waals surface area (Å²) in [6.45, 7) is -0.109. The number of rotatable bonds is 7. The van der Waals surface area contributed by atoms with Crippen molar-refractivity contribution in [3.05, 3.63) is 65.7 Å². The third-order valence-electron chi connectivity index (χ3n) is 3.59. The Balaban J connectivity index is 1.88. The molecule has 1 amide bonds. The minimum Gasteiger partial charge on any atom is -0.445 e. The Morgan fingerprint density at radius 1 is 1.08 bits per heavy atom. The highest BCUT2D eigenvalue weighted by Crippen LogP contribution is 2.12. The summed E-state index contributed by atoms with van der Waals surface area (Å²) in [5.74, 6) is 0. The maximum absolute atomic E-state index is 11.8. The molecule has 0 radical (unpaired) electrons. The first-order valence-electron chi connectivity index (χ1n) is 7.75. The second kappa shape index (κ2) is 8.64. The van der Waals surface area contributed by atoms with Crippen LogP contribution in [0.3, 0.4) is 0 Å². The molecule has 6 nitrogen and oxygen atoms in total. The van der Waals surface area contributed by atoms with E-state index in [9.17, 15) is 18.3 Å². The van der Waals surface area contributed by atoms with E-state index in [0.717, 1.165) is 17.4 Å². The van der Waals surface area contributed by atoms with Crippen molar-refractivity contribution in [3.8, 4) is 0 Å². The van der Waals surface area contributed by atoms with Crippen LogP contribution in [0.4, 0.5) is 4.79 Å².